The average molecular weight is 429 g/mol. The van der Waals surface area contributed by atoms with Gasteiger partial charge in [0.15, 0.2) is 6.10 Å². The van der Waals surface area contributed by atoms with Crippen LogP contribution in [0.2, 0.25) is 0 Å². The number of carbonyl (C=O) groups is 1. The van der Waals surface area contributed by atoms with E-state index in [-0.39, 0.29) is 6.04 Å². The monoisotopic (exact) mass is 428 g/mol. The summed E-state index contributed by atoms with van der Waals surface area (Å²) in [7, 11) is 0. The lowest BCUT2D eigenvalue weighted by Gasteiger charge is -2.51. The number of fused-ring (bicyclic) bond motifs is 4. The molecule has 3 fully saturated rings. The van der Waals surface area contributed by atoms with E-state index in [1.807, 2.05) is 36.4 Å². The van der Waals surface area contributed by atoms with Gasteiger partial charge in [0, 0.05) is 23.7 Å². The molecule has 4 heterocycles. The Morgan fingerprint density at radius 1 is 1.16 bits per heavy atom. The molecule has 5 nitrogen and oxygen atoms in total. The van der Waals surface area contributed by atoms with Crippen molar-refractivity contribution in [3.8, 4) is 0 Å². The Kier molecular flexibility index (Phi) is 5.77. The lowest BCUT2D eigenvalue weighted by atomic mass is 9.73. The second-order valence-corrected chi connectivity index (χ2v) is 8.83. The molecule has 0 radical (unpaired) electrons. The second kappa shape index (κ2) is 8.85. The van der Waals surface area contributed by atoms with Gasteiger partial charge in [-0.15, -0.1) is 6.58 Å². The predicted molar refractivity (Wildman–Crippen MR) is 124 cm³/mol. The maximum Gasteiger partial charge on any atom is 0.340 e. The van der Waals surface area contributed by atoms with E-state index >= 15 is 0 Å². The van der Waals surface area contributed by atoms with Crippen molar-refractivity contribution in [2.24, 2.45) is 11.8 Å². The molecule has 3 aliphatic rings. The van der Waals surface area contributed by atoms with Gasteiger partial charge in [0.25, 0.3) is 0 Å². The second-order valence-electron chi connectivity index (χ2n) is 8.83. The van der Waals surface area contributed by atoms with Gasteiger partial charge >= 0.3 is 5.97 Å². The molecule has 0 aliphatic carbocycles. The molecule has 1 N–H and O–H groups in total. The highest BCUT2D eigenvalue weighted by atomic mass is 16.6. The van der Waals surface area contributed by atoms with Crippen molar-refractivity contribution in [1.29, 1.82) is 0 Å². The molecule has 6 rings (SSSR count). The number of para-hydroxylation sites is 1. The highest BCUT2D eigenvalue weighted by Gasteiger charge is 2.44. The number of ether oxygens (including phenoxy) is 1. The maximum absolute atomic E-state index is 13.1. The van der Waals surface area contributed by atoms with E-state index in [1.54, 1.807) is 30.5 Å². The van der Waals surface area contributed by atoms with E-state index in [4.69, 9.17) is 4.74 Å². The van der Waals surface area contributed by atoms with E-state index in [0.29, 0.717) is 17.4 Å². The van der Waals surface area contributed by atoms with Gasteiger partial charge in [-0.3, -0.25) is 9.88 Å². The minimum atomic E-state index is -1.32. The van der Waals surface area contributed by atoms with Crippen molar-refractivity contribution < 1.29 is 14.6 Å². The number of aliphatic hydroxyl groups is 1. The molecule has 1 aromatic heterocycles. The van der Waals surface area contributed by atoms with Crippen molar-refractivity contribution in [2.75, 3.05) is 13.1 Å². The molecule has 1 unspecified atom stereocenters. The van der Waals surface area contributed by atoms with E-state index in [9.17, 15) is 9.90 Å². The molecule has 0 saturated carbocycles. The van der Waals surface area contributed by atoms with Crippen LogP contribution in [-0.2, 0) is 9.53 Å². The molecular weight excluding hydrogens is 400 g/mol. The Bertz CT molecular complexity index is 1110. The first-order valence-corrected chi connectivity index (χ1v) is 11.3. The molecule has 6 atom stereocenters. The van der Waals surface area contributed by atoms with E-state index in [0.717, 1.165) is 42.4 Å². The Balaban J connectivity index is 1.51. The van der Waals surface area contributed by atoms with Crippen LogP contribution < -0.4 is 0 Å². The number of pyridine rings is 1. The molecule has 3 aromatic rings. The molecule has 2 aromatic carbocycles. The van der Waals surface area contributed by atoms with Gasteiger partial charge in [-0.2, -0.15) is 0 Å². The van der Waals surface area contributed by atoms with Crippen LogP contribution in [0.1, 0.15) is 36.2 Å². The molecule has 0 spiro atoms. The highest BCUT2D eigenvalue weighted by molar-refractivity contribution is 5.83. The number of aliphatic hydroxyl groups excluding tert-OH is 1. The van der Waals surface area contributed by atoms with Gasteiger partial charge in [-0.25, -0.2) is 4.79 Å². The molecular formula is C27H28N2O3. The summed E-state index contributed by atoms with van der Waals surface area (Å²) in [5, 5.41) is 11.7. The van der Waals surface area contributed by atoms with Gasteiger partial charge in [0.05, 0.1) is 11.6 Å². The van der Waals surface area contributed by atoms with Gasteiger partial charge in [0.2, 0.25) is 0 Å². The topological polar surface area (TPSA) is 62.7 Å². The Hall–Kier alpha value is -3.02. The fourth-order valence-electron chi connectivity index (χ4n) is 5.37. The van der Waals surface area contributed by atoms with Crippen molar-refractivity contribution in [1.82, 2.24) is 9.88 Å². The van der Waals surface area contributed by atoms with Crippen LogP contribution in [0.4, 0.5) is 0 Å². The normalized spacial score (nSPS) is 26.4. The van der Waals surface area contributed by atoms with Crippen LogP contribution in [0.5, 0.6) is 0 Å². The molecule has 0 amide bonds. The Morgan fingerprint density at radius 2 is 1.94 bits per heavy atom. The summed E-state index contributed by atoms with van der Waals surface area (Å²) >= 11 is 0. The lowest BCUT2D eigenvalue weighted by molar-refractivity contribution is -0.167. The third-order valence-electron chi connectivity index (χ3n) is 7.07. The first-order chi connectivity index (χ1) is 15.7. The first kappa shape index (κ1) is 20.9. The molecule has 2 bridgehead atoms. The zero-order valence-corrected chi connectivity index (χ0v) is 18.0. The summed E-state index contributed by atoms with van der Waals surface area (Å²) in [5.74, 6) is 0.390. The van der Waals surface area contributed by atoms with Crippen LogP contribution >= 0.6 is 0 Å². The quantitative estimate of drug-likeness (QED) is 0.464. The molecule has 3 saturated heterocycles. The number of rotatable bonds is 6. The SMILES string of the molecule is C=C[C@@H]1CN2CC[C@@H]1C[C@@H]2[C@H](OC(=O)[C@H](O)c1ccccc1)c1ccnc2ccccc12. The Morgan fingerprint density at radius 3 is 2.69 bits per heavy atom. The molecule has 164 valence electrons. The van der Waals surface area contributed by atoms with E-state index in [1.165, 1.54) is 0 Å². The summed E-state index contributed by atoms with van der Waals surface area (Å²) in [6.45, 7) is 5.94. The van der Waals surface area contributed by atoms with Crippen molar-refractivity contribution in [2.45, 2.75) is 31.1 Å². The van der Waals surface area contributed by atoms with Crippen LogP contribution in [0, 0.1) is 11.8 Å². The molecule has 32 heavy (non-hydrogen) atoms. The zero-order valence-electron chi connectivity index (χ0n) is 18.0. The zero-order chi connectivity index (χ0) is 22.1. The number of nitrogens with zero attached hydrogens (tertiary/aromatic N) is 2. The van der Waals surface area contributed by atoms with Crippen LogP contribution in [0.3, 0.4) is 0 Å². The summed E-state index contributed by atoms with van der Waals surface area (Å²) in [6, 6.07) is 18.9. The van der Waals surface area contributed by atoms with E-state index in [2.05, 4.69) is 22.5 Å². The largest absolute Gasteiger partial charge is 0.454 e. The smallest absolute Gasteiger partial charge is 0.340 e. The average Bonchev–Trinajstić information content (AvgIpc) is 2.87. The van der Waals surface area contributed by atoms with Gasteiger partial charge in [-0.1, -0.05) is 54.6 Å². The molecule has 5 heteroatoms. The van der Waals surface area contributed by atoms with Crippen molar-refractivity contribution >= 4 is 16.9 Å². The van der Waals surface area contributed by atoms with Crippen LogP contribution in [0.15, 0.2) is 79.5 Å². The number of carbonyl (C=O) groups excluding carboxylic acids is 1. The first-order valence-electron chi connectivity index (χ1n) is 11.3. The maximum atomic E-state index is 13.1. The number of esters is 1. The number of aromatic nitrogens is 1. The van der Waals surface area contributed by atoms with E-state index < -0.39 is 18.2 Å². The number of hydrogen-bond donors (Lipinski definition) is 1. The van der Waals surface area contributed by atoms with Crippen LogP contribution in [0.25, 0.3) is 10.9 Å². The number of hydrogen-bond acceptors (Lipinski definition) is 5. The minimum absolute atomic E-state index is 0.0580. The van der Waals surface area contributed by atoms with Crippen LogP contribution in [-0.4, -0.2) is 40.1 Å². The lowest BCUT2D eigenvalue weighted by Crippen LogP contribution is -2.55. The van der Waals surface area contributed by atoms with Crippen molar-refractivity contribution in [3.63, 3.8) is 0 Å². The van der Waals surface area contributed by atoms with Crippen molar-refractivity contribution in [3.05, 3.63) is 90.6 Å². The third-order valence-corrected chi connectivity index (χ3v) is 7.07. The summed E-state index contributed by atoms with van der Waals surface area (Å²) in [5.41, 5.74) is 2.35. The highest BCUT2D eigenvalue weighted by Crippen LogP contribution is 2.43. The van der Waals surface area contributed by atoms with Gasteiger partial charge in [0.1, 0.15) is 6.10 Å². The minimum Gasteiger partial charge on any atom is -0.454 e. The van der Waals surface area contributed by atoms with Gasteiger partial charge < -0.3 is 9.84 Å². The summed E-state index contributed by atoms with van der Waals surface area (Å²) < 4.78 is 6.14. The fraction of sp³-hybridized carbons (Fsp3) is 0.333. The summed E-state index contributed by atoms with van der Waals surface area (Å²) in [6.07, 6.45) is 4.11. The number of benzene rings is 2. The third kappa shape index (κ3) is 3.83. The standard InChI is InChI=1S/C27H28N2O3/c1-2-18-17-29-15-13-20(18)16-24(29)26(22-12-14-28-23-11-7-6-10-21(22)23)32-27(31)25(30)19-8-4-3-5-9-19/h2-12,14,18,20,24-26,30H,1,13,15-17H2/t18-,20-,24-,25-,26-/m1/s1. The van der Waals surface area contributed by atoms with Gasteiger partial charge in [-0.05, 0) is 48.9 Å². The fourth-order valence-corrected chi connectivity index (χ4v) is 5.37. The Labute approximate surface area is 188 Å². The summed E-state index contributed by atoms with van der Waals surface area (Å²) in [4.78, 5) is 20.0. The predicted octanol–water partition coefficient (Wildman–Crippen LogP) is 4.45. The number of piperidine rings is 3. The molecule has 3 aliphatic heterocycles.